The van der Waals surface area contributed by atoms with Crippen LogP contribution >= 0.6 is 11.8 Å². The van der Waals surface area contributed by atoms with E-state index in [9.17, 15) is 32.8 Å². The Kier molecular flexibility index (Phi) is 7.46. The fraction of sp³-hybridized carbons (Fsp3) is 0.318. The third kappa shape index (κ3) is 5.31. The van der Waals surface area contributed by atoms with Crippen LogP contribution in [0.4, 0.5) is 18.9 Å². The smallest absolute Gasteiger partial charge is 0.418 e. The van der Waals surface area contributed by atoms with E-state index >= 15 is 0 Å². The number of thioether (sulfide) groups is 1. The standard InChI is InChI=1S/C22H19F3N4O4S/c1-12(30)29-8-7-17-15(10-29)19(22(23,24)25)14(9-26)20(28-17)34-11-18(31)27-16-6-4-3-5-13(16)21(32)33-2/h3-6H,7-8,10-11H2,1-2H3,(H,27,31). The molecule has 2 heterocycles. The average molecular weight is 492 g/mol. The van der Waals surface area contributed by atoms with Crippen molar-refractivity contribution in [2.75, 3.05) is 24.7 Å². The van der Waals surface area contributed by atoms with E-state index in [2.05, 4.69) is 15.0 Å². The Labute approximate surface area is 197 Å². The minimum Gasteiger partial charge on any atom is -0.465 e. The number of ether oxygens (including phenoxy) is 1. The van der Waals surface area contributed by atoms with Crippen LogP contribution < -0.4 is 5.32 Å². The van der Waals surface area contributed by atoms with Crippen molar-refractivity contribution < 1.29 is 32.3 Å². The van der Waals surface area contributed by atoms with Gasteiger partial charge in [0.1, 0.15) is 11.1 Å². The summed E-state index contributed by atoms with van der Waals surface area (Å²) >= 11 is 0.687. The van der Waals surface area contributed by atoms with Crippen LogP contribution in [0.15, 0.2) is 29.3 Å². The second-order valence-electron chi connectivity index (χ2n) is 7.27. The molecule has 1 aliphatic heterocycles. The number of esters is 1. The molecule has 178 valence electrons. The van der Waals surface area contributed by atoms with Crippen LogP contribution in [0.3, 0.4) is 0 Å². The number of fused-ring (bicyclic) bond motifs is 1. The molecule has 1 N–H and O–H groups in total. The number of rotatable bonds is 5. The molecule has 2 aromatic rings. The summed E-state index contributed by atoms with van der Waals surface area (Å²) in [7, 11) is 1.19. The number of methoxy groups -OCH3 is 1. The maximum Gasteiger partial charge on any atom is 0.418 e. The third-order valence-electron chi connectivity index (χ3n) is 5.11. The molecular formula is C22H19F3N4O4S. The molecule has 0 radical (unpaired) electrons. The van der Waals surface area contributed by atoms with Gasteiger partial charge in [-0.15, -0.1) is 0 Å². The minimum absolute atomic E-state index is 0.0932. The Bertz CT molecular complexity index is 1190. The van der Waals surface area contributed by atoms with Crippen LogP contribution in [0.25, 0.3) is 0 Å². The van der Waals surface area contributed by atoms with Crippen molar-refractivity contribution >= 4 is 35.2 Å². The SMILES string of the molecule is COC(=O)c1ccccc1NC(=O)CSc1nc2c(c(C(F)(F)F)c1C#N)CN(C(C)=O)CC2. The molecule has 1 aromatic heterocycles. The summed E-state index contributed by atoms with van der Waals surface area (Å²) in [5.41, 5.74) is -1.59. The lowest BCUT2D eigenvalue weighted by atomic mass is 9.96. The zero-order chi connectivity index (χ0) is 25.0. The summed E-state index contributed by atoms with van der Waals surface area (Å²) in [5.74, 6) is -2.01. The molecule has 2 amide bonds. The van der Waals surface area contributed by atoms with E-state index in [1.165, 1.54) is 31.1 Å². The van der Waals surface area contributed by atoms with E-state index in [4.69, 9.17) is 0 Å². The molecule has 12 heteroatoms. The Balaban J connectivity index is 1.89. The van der Waals surface area contributed by atoms with Gasteiger partial charge in [-0.05, 0) is 12.1 Å². The molecule has 0 atom stereocenters. The number of para-hydroxylation sites is 1. The molecule has 0 spiro atoms. The highest BCUT2D eigenvalue weighted by atomic mass is 32.2. The lowest BCUT2D eigenvalue weighted by molar-refractivity contribution is -0.140. The van der Waals surface area contributed by atoms with E-state index in [1.807, 2.05) is 0 Å². The lowest BCUT2D eigenvalue weighted by Gasteiger charge is -2.30. The maximum atomic E-state index is 14.0. The van der Waals surface area contributed by atoms with Gasteiger partial charge in [-0.3, -0.25) is 9.59 Å². The zero-order valence-electron chi connectivity index (χ0n) is 18.2. The van der Waals surface area contributed by atoms with Gasteiger partial charge in [0, 0.05) is 37.7 Å². The number of nitrogens with one attached hydrogen (secondary N) is 1. The Hall–Kier alpha value is -3.59. The zero-order valence-corrected chi connectivity index (χ0v) is 19.0. The monoisotopic (exact) mass is 492 g/mol. The number of anilines is 1. The van der Waals surface area contributed by atoms with E-state index in [0.29, 0.717) is 11.8 Å². The predicted molar refractivity (Wildman–Crippen MR) is 116 cm³/mol. The fourth-order valence-corrected chi connectivity index (χ4v) is 4.33. The highest BCUT2D eigenvalue weighted by Crippen LogP contribution is 2.40. The predicted octanol–water partition coefficient (Wildman–Crippen LogP) is 3.39. The highest BCUT2D eigenvalue weighted by Gasteiger charge is 2.41. The summed E-state index contributed by atoms with van der Waals surface area (Å²) < 4.78 is 46.5. The molecule has 0 fully saturated rings. The normalized spacial score (nSPS) is 13.0. The lowest BCUT2D eigenvalue weighted by Crippen LogP contribution is -2.36. The van der Waals surface area contributed by atoms with Gasteiger partial charge in [0.15, 0.2) is 0 Å². The summed E-state index contributed by atoms with van der Waals surface area (Å²) in [5, 5.41) is 11.8. The van der Waals surface area contributed by atoms with Gasteiger partial charge in [0.25, 0.3) is 0 Å². The molecule has 34 heavy (non-hydrogen) atoms. The minimum atomic E-state index is -4.85. The largest absolute Gasteiger partial charge is 0.465 e. The third-order valence-corrected chi connectivity index (χ3v) is 6.08. The van der Waals surface area contributed by atoms with Gasteiger partial charge in [-0.2, -0.15) is 18.4 Å². The van der Waals surface area contributed by atoms with Crippen LogP contribution in [0.1, 0.15) is 39.7 Å². The van der Waals surface area contributed by atoms with Gasteiger partial charge in [-0.1, -0.05) is 23.9 Å². The molecule has 0 saturated heterocycles. The number of alkyl halides is 3. The Morgan fingerprint density at radius 3 is 2.62 bits per heavy atom. The van der Waals surface area contributed by atoms with Gasteiger partial charge < -0.3 is 15.0 Å². The van der Waals surface area contributed by atoms with Crippen LogP contribution in [0.2, 0.25) is 0 Å². The fourth-order valence-electron chi connectivity index (χ4n) is 3.53. The number of carbonyl (C=O) groups excluding carboxylic acids is 3. The topological polar surface area (TPSA) is 112 Å². The number of nitriles is 1. The van der Waals surface area contributed by atoms with E-state index in [0.717, 1.165) is 0 Å². The number of aromatic nitrogens is 1. The summed E-state index contributed by atoms with van der Waals surface area (Å²) in [4.78, 5) is 41.5. The second kappa shape index (κ2) is 10.1. The van der Waals surface area contributed by atoms with E-state index in [1.54, 1.807) is 18.2 Å². The van der Waals surface area contributed by atoms with Crippen LogP contribution in [-0.4, -0.2) is 47.1 Å². The molecule has 1 aromatic carbocycles. The first-order chi connectivity index (χ1) is 16.1. The summed E-state index contributed by atoms with van der Waals surface area (Å²) in [6, 6.07) is 7.68. The molecule has 3 rings (SSSR count). The second-order valence-corrected chi connectivity index (χ2v) is 8.23. The van der Waals surface area contributed by atoms with Crippen LogP contribution in [0.5, 0.6) is 0 Å². The number of hydrogen-bond acceptors (Lipinski definition) is 7. The van der Waals surface area contributed by atoms with Crippen LogP contribution in [-0.2, 0) is 33.5 Å². The van der Waals surface area contributed by atoms with Crippen molar-refractivity contribution in [3.8, 4) is 6.07 Å². The van der Waals surface area contributed by atoms with Crippen molar-refractivity contribution in [1.29, 1.82) is 5.26 Å². The van der Waals surface area contributed by atoms with Crippen molar-refractivity contribution in [3.63, 3.8) is 0 Å². The molecule has 0 saturated carbocycles. The van der Waals surface area contributed by atoms with Gasteiger partial charge in [0.05, 0.1) is 35.2 Å². The molecule has 8 nitrogen and oxygen atoms in total. The van der Waals surface area contributed by atoms with E-state index < -0.39 is 29.2 Å². The van der Waals surface area contributed by atoms with Crippen molar-refractivity contribution in [2.24, 2.45) is 0 Å². The average Bonchev–Trinajstić information content (AvgIpc) is 2.80. The number of nitrogens with zero attached hydrogens (tertiary/aromatic N) is 3. The van der Waals surface area contributed by atoms with Gasteiger partial charge >= 0.3 is 12.1 Å². The molecule has 0 bridgehead atoms. The number of benzene rings is 1. The highest BCUT2D eigenvalue weighted by molar-refractivity contribution is 8.00. The number of amides is 2. The van der Waals surface area contributed by atoms with Crippen molar-refractivity contribution in [1.82, 2.24) is 9.88 Å². The first-order valence-corrected chi connectivity index (χ1v) is 10.9. The maximum absolute atomic E-state index is 14.0. The Morgan fingerprint density at radius 2 is 2.00 bits per heavy atom. The first kappa shape index (κ1) is 25.0. The molecule has 0 aliphatic carbocycles. The summed E-state index contributed by atoms with van der Waals surface area (Å²) in [6.07, 6.45) is -4.76. The van der Waals surface area contributed by atoms with E-state index in [-0.39, 0.29) is 58.7 Å². The quantitative estimate of drug-likeness (QED) is 0.503. The van der Waals surface area contributed by atoms with Gasteiger partial charge in [-0.25, -0.2) is 9.78 Å². The number of carbonyl (C=O) groups is 3. The molecule has 0 unspecified atom stereocenters. The number of halogens is 3. The van der Waals surface area contributed by atoms with Crippen molar-refractivity contribution in [3.05, 3.63) is 52.2 Å². The van der Waals surface area contributed by atoms with Crippen molar-refractivity contribution in [2.45, 2.75) is 31.1 Å². The number of hydrogen-bond donors (Lipinski definition) is 1. The molecule has 1 aliphatic rings. The van der Waals surface area contributed by atoms with Crippen LogP contribution in [0, 0.1) is 11.3 Å². The van der Waals surface area contributed by atoms with Gasteiger partial charge in [0.2, 0.25) is 11.8 Å². The molecular weight excluding hydrogens is 473 g/mol. The first-order valence-electron chi connectivity index (χ1n) is 9.95. The summed E-state index contributed by atoms with van der Waals surface area (Å²) in [6.45, 7) is 1.17. The Morgan fingerprint density at radius 1 is 1.29 bits per heavy atom. The number of pyridine rings is 1.